The summed E-state index contributed by atoms with van der Waals surface area (Å²) >= 11 is 0. The molecule has 0 aliphatic rings. The van der Waals surface area contributed by atoms with E-state index in [1.54, 1.807) is 6.21 Å². The molecule has 4 nitrogen and oxygen atoms in total. The number of ether oxygens (including phenoxy) is 1. The Hall–Kier alpha value is -2.62. The zero-order valence-electron chi connectivity index (χ0n) is 13.8. The molecule has 0 bridgehead atoms. The van der Waals surface area contributed by atoms with Crippen LogP contribution in [-0.4, -0.2) is 18.7 Å². The number of amides is 1. The fraction of sp³-hybridized carbons (Fsp3) is 0.263. The van der Waals surface area contributed by atoms with Crippen LogP contribution in [-0.2, 0) is 11.2 Å². The summed E-state index contributed by atoms with van der Waals surface area (Å²) in [5.41, 5.74) is 6.71. The van der Waals surface area contributed by atoms with Gasteiger partial charge in [-0.25, -0.2) is 5.43 Å². The third kappa shape index (κ3) is 4.95. The van der Waals surface area contributed by atoms with Crippen molar-refractivity contribution in [1.82, 2.24) is 5.43 Å². The molecule has 0 fully saturated rings. The highest BCUT2D eigenvalue weighted by Crippen LogP contribution is 2.21. The summed E-state index contributed by atoms with van der Waals surface area (Å²) < 4.78 is 5.58. The van der Waals surface area contributed by atoms with Gasteiger partial charge in [-0.15, -0.1) is 0 Å². The second kappa shape index (κ2) is 8.13. The van der Waals surface area contributed by atoms with Gasteiger partial charge in [0.25, 0.3) is 5.91 Å². The molecule has 0 heterocycles. The summed E-state index contributed by atoms with van der Waals surface area (Å²) in [6.07, 6.45) is 2.63. The first kappa shape index (κ1) is 16.7. The molecule has 0 aromatic heterocycles. The van der Waals surface area contributed by atoms with E-state index in [2.05, 4.69) is 17.5 Å². The lowest BCUT2D eigenvalue weighted by Crippen LogP contribution is -2.25. The molecule has 0 saturated carbocycles. The largest absolute Gasteiger partial charge is 0.483 e. The summed E-state index contributed by atoms with van der Waals surface area (Å²) in [6.45, 7) is 5.97. The number of para-hydroxylation sites is 1. The van der Waals surface area contributed by atoms with Crippen LogP contribution in [0.15, 0.2) is 47.6 Å². The van der Waals surface area contributed by atoms with E-state index in [1.807, 2.05) is 56.3 Å². The van der Waals surface area contributed by atoms with Crippen molar-refractivity contribution in [3.8, 4) is 5.75 Å². The minimum Gasteiger partial charge on any atom is -0.483 e. The Labute approximate surface area is 137 Å². The monoisotopic (exact) mass is 310 g/mol. The van der Waals surface area contributed by atoms with E-state index in [4.69, 9.17) is 4.74 Å². The SMILES string of the molecule is CCc1ccc(/C=N\NC(=O)COc2c(C)cccc2C)cc1. The van der Waals surface area contributed by atoms with Gasteiger partial charge in [-0.2, -0.15) is 5.10 Å². The molecule has 120 valence electrons. The molecular formula is C19H22N2O2. The zero-order valence-corrected chi connectivity index (χ0v) is 13.8. The number of carbonyl (C=O) groups excluding carboxylic acids is 1. The summed E-state index contributed by atoms with van der Waals surface area (Å²) in [5.74, 6) is 0.468. The van der Waals surface area contributed by atoms with Crippen LogP contribution < -0.4 is 10.2 Å². The number of aryl methyl sites for hydroxylation is 3. The Morgan fingerprint density at radius 1 is 1.13 bits per heavy atom. The molecule has 23 heavy (non-hydrogen) atoms. The van der Waals surface area contributed by atoms with Crippen molar-refractivity contribution in [2.45, 2.75) is 27.2 Å². The lowest BCUT2D eigenvalue weighted by atomic mass is 10.1. The number of benzene rings is 2. The Kier molecular flexibility index (Phi) is 5.92. The Morgan fingerprint density at radius 3 is 2.39 bits per heavy atom. The number of hydrogen-bond donors (Lipinski definition) is 1. The Morgan fingerprint density at radius 2 is 1.78 bits per heavy atom. The number of hydrogen-bond acceptors (Lipinski definition) is 3. The third-order valence-electron chi connectivity index (χ3n) is 3.55. The molecule has 0 aliphatic heterocycles. The normalized spacial score (nSPS) is 10.7. The van der Waals surface area contributed by atoms with Crippen LogP contribution in [0.25, 0.3) is 0 Å². The van der Waals surface area contributed by atoms with Gasteiger partial charge in [0, 0.05) is 0 Å². The first-order chi connectivity index (χ1) is 11.1. The number of carbonyl (C=O) groups is 1. The van der Waals surface area contributed by atoms with Crippen LogP contribution >= 0.6 is 0 Å². The fourth-order valence-corrected chi connectivity index (χ4v) is 2.22. The topological polar surface area (TPSA) is 50.7 Å². The Bertz CT molecular complexity index is 671. The van der Waals surface area contributed by atoms with Crippen molar-refractivity contribution < 1.29 is 9.53 Å². The van der Waals surface area contributed by atoms with Crippen molar-refractivity contribution in [1.29, 1.82) is 0 Å². The van der Waals surface area contributed by atoms with Gasteiger partial charge in [-0.3, -0.25) is 4.79 Å². The quantitative estimate of drug-likeness (QED) is 0.657. The average molecular weight is 310 g/mol. The van der Waals surface area contributed by atoms with Crippen LogP contribution in [0.4, 0.5) is 0 Å². The lowest BCUT2D eigenvalue weighted by Gasteiger charge is -2.10. The molecule has 0 aliphatic carbocycles. The molecule has 2 aromatic rings. The van der Waals surface area contributed by atoms with E-state index in [9.17, 15) is 4.79 Å². The van der Waals surface area contributed by atoms with Crippen molar-refractivity contribution in [2.24, 2.45) is 5.10 Å². The summed E-state index contributed by atoms with van der Waals surface area (Å²) in [5, 5.41) is 3.95. The minimum atomic E-state index is -0.283. The van der Waals surface area contributed by atoms with Gasteiger partial charge in [0.1, 0.15) is 5.75 Å². The average Bonchev–Trinajstić information content (AvgIpc) is 2.55. The Balaban J connectivity index is 1.84. The highest BCUT2D eigenvalue weighted by molar-refractivity contribution is 5.82. The molecule has 0 unspecified atom stereocenters. The van der Waals surface area contributed by atoms with Crippen LogP contribution in [0.5, 0.6) is 5.75 Å². The van der Waals surface area contributed by atoms with Crippen molar-refractivity contribution in [3.63, 3.8) is 0 Å². The first-order valence-electron chi connectivity index (χ1n) is 7.70. The fourth-order valence-electron chi connectivity index (χ4n) is 2.22. The molecule has 0 radical (unpaired) electrons. The molecule has 2 rings (SSSR count). The number of hydrazone groups is 1. The van der Waals surface area contributed by atoms with Crippen molar-refractivity contribution in [2.75, 3.05) is 6.61 Å². The molecule has 4 heteroatoms. The zero-order chi connectivity index (χ0) is 16.7. The smallest absolute Gasteiger partial charge is 0.277 e. The van der Waals surface area contributed by atoms with E-state index >= 15 is 0 Å². The first-order valence-corrected chi connectivity index (χ1v) is 7.70. The maximum Gasteiger partial charge on any atom is 0.277 e. The molecule has 2 aromatic carbocycles. The van der Waals surface area contributed by atoms with Crippen LogP contribution in [0.1, 0.15) is 29.2 Å². The maximum atomic E-state index is 11.8. The van der Waals surface area contributed by atoms with Gasteiger partial charge < -0.3 is 4.74 Å². The summed E-state index contributed by atoms with van der Waals surface area (Å²) in [7, 11) is 0. The molecule has 0 saturated heterocycles. The highest BCUT2D eigenvalue weighted by Gasteiger charge is 2.06. The van der Waals surface area contributed by atoms with E-state index in [1.165, 1.54) is 5.56 Å². The molecule has 0 atom stereocenters. The maximum absolute atomic E-state index is 11.8. The third-order valence-corrected chi connectivity index (χ3v) is 3.55. The lowest BCUT2D eigenvalue weighted by molar-refractivity contribution is -0.123. The van der Waals surface area contributed by atoms with Gasteiger partial charge in [0.2, 0.25) is 0 Å². The van der Waals surface area contributed by atoms with Crippen molar-refractivity contribution >= 4 is 12.1 Å². The van der Waals surface area contributed by atoms with Gasteiger partial charge in [-0.05, 0) is 42.5 Å². The minimum absolute atomic E-state index is 0.0577. The van der Waals surface area contributed by atoms with Crippen molar-refractivity contribution in [3.05, 3.63) is 64.7 Å². The number of nitrogens with zero attached hydrogens (tertiary/aromatic N) is 1. The van der Waals surface area contributed by atoms with E-state index in [-0.39, 0.29) is 12.5 Å². The second-order valence-electron chi connectivity index (χ2n) is 5.40. The van der Waals surface area contributed by atoms with E-state index in [0.717, 1.165) is 28.9 Å². The van der Waals surface area contributed by atoms with Gasteiger partial charge in [0.05, 0.1) is 6.21 Å². The number of rotatable bonds is 6. The predicted molar refractivity (Wildman–Crippen MR) is 93.0 cm³/mol. The predicted octanol–water partition coefficient (Wildman–Crippen LogP) is 3.39. The van der Waals surface area contributed by atoms with Crippen LogP contribution in [0.2, 0.25) is 0 Å². The van der Waals surface area contributed by atoms with Gasteiger partial charge in [-0.1, -0.05) is 49.4 Å². The van der Waals surface area contributed by atoms with E-state index < -0.39 is 0 Å². The summed E-state index contributed by atoms with van der Waals surface area (Å²) in [4.78, 5) is 11.8. The highest BCUT2D eigenvalue weighted by atomic mass is 16.5. The van der Waals surface area contributed by atoms with E-state index in [0.29, 0.717) is 0 Å². The number of nitrogens with one attached hydrogen (secondary N) is 1. The van der Waals surface area contributed by atoms with Gasteiger partial charge in [0.15, 0.2) is 6.61 Å². The van der Waals surface area contributed by atoms with Crippen LogP contribution in [0.3, 0.4) is 0 Å². The molecule has 0 spiro atoms. The van der Waals surface area contributed by atoms with Crippen LogP contribution in [0, 0.1) is 13.8 Å². The standard InChI is InChI=1S/C19H22N2O2/c1-4-16-8-10-17(11-9-16)12-20-21-18(22)13-23-19-14(2)6-5-7-15(19)3/h5-12H,4,13H2,1-3H3,(H,21,22)/b20-12-. The molecule has 1 N–H and O–H groups in total. The molecular weight excluding hydrogens is 288 g/mol. The summed E-state index contributed by atoms with van der Waals surface area (Å²) in [6, 6.07) is 13.9. The molecule has 1 amide bonds. The second-order valence-corrected chi connectivity index (χ2v) is 5.40. The van der Waals surface area contributed by atoms with Gasteiger partial charge >= 0.3 is 0 Å².